The number of nitrogens with zero attached hydrogens (tertiary/aromatic N) is 3. The molecule has 1 aromatic heterocycles. The predicted octanol–water partition coefficient (Wildman–Crippen LogP) is 4.10. The summed E-state index contributed by atoms with van der Waals surface area (Å²) in [5, 5.41) is 17.8. The van der Waals surface area contributed by atoms with Crippen molar-refractivity contribution >= 4 is 29.2 Å². The average molecular weight is 394 g/mol. The van der Waals surface area contributed by atoms with Gasteiger partial charge in [-0.25, -0.2) is 0 Å². The van der Waals surface area contributed by atoms with Crippen LogP contribution in [-0.2, 0) is 13.2 Å². The Hall–Kier alpha value is -2.51. The number of anilines is 1. The van der Waals surface area contributed by atoms with E-state index in [1.807, 2.05) is 25.1 Å². The number of nitrogens with one attached hydrogen (secondary N) is 2. The van der Waals surface area contributed by atoms with E-state index >= 15 is 0 Å². The zero-order valence-electron chi connectivity index (χ0n) is 14.0. The number of aromatic amines is 1. The molecule has 0 bridgehead atoms. The van der Waals surface area contributed by atoms with Gasteiger partial charge in [-0.05, 0) is 42.0 Å². The molecular weight excluding hydrogens is 377 g/mol. The van der Waals surface area contributed by atoms with Crippen LogP contribution in [0, 0.1) is 0 Å². The number of hydrogen-bond donors (Lipinski definition) is 2. The molecule has 0 unspecified atom stereocenters. The molecule has 26 heavy (non-hydrogen) atoms. The number of tetrazole rings is 1. The van der Waals surface area contributed by atoms with E-state index in [1.165, 1.54) is 0 Å². The molecule has 0 aliphatic heterocycles. The number of halogens is 2. The van der Waals surface area contributed by atoms with E-state index in [2.05, 4.69) is 25.9 Å². The summed E-state index contributed by atoms with van der Waals surface area (Å²) in [6, 6.07) is 11.0. The summed E-state index contributed by atoms with van der Waals surface area (Å²) in [5.41, 5.74) is 1.72. The lowest BCUT2D eigenvalue weighted by atomic mass is 10.2. The van der Waals surface area contributed by atoms with Crippen LogP contribution in [0.3, 0.4) is 0 Å². The van der Waals surface area contributed by atoms with Crippen LogP contribution in [0.1, 0.15) is 18.1 Å². The number of ether oxygens (including phenoxy) is 2. The molecule has 0 radical (unpaired) electrons. The number of benzene rings is 2. The minimum absolute atomic E-state index is 0.249. The lowest BCUT2D eigenvalue weighted by molar-refractivity contribution is 0.269. The highest BCUT2D eigenvalue weighted by atomic mass is 35.5. The largest absolute Gasteiger partial charge is 0.490 e. The van der Waals surface area contributed by atoms with Gasteiger partial charge in [0, 0.05) is 22.2 Å². The summed E-state index contributed by atoms with van der Waals surface area (Å²) in [4.78, 5) is 0. The highest BCUT2D eigenvalue weighted by Gasteiger charge is 2.11. The Bertz CT molecular complexity index is 838. The van der Waals surface area contributed by atoms with Gasteiger partial charge < -0.3 is 14.8 Å². The number of hydrogen-bond acceptors (Lipinski definition) is 6. The predicted molar refractivity (Wildman–Crippen MR) is 99.9 cm³/mol. The van der Waals surface area contributed by atoms with Gasteiger partial charge >= 0.3 is 0 Å². The van der Waals surface area contributed by atoms with Crippen LogP contribution >= 0.6 is 23.2 Å². The lowest BCUT2D eigenvalue weighted by Gasteiger charge is -2.14. The summed E-state index contributed by atoms with van der Waals surface area (Å²) < 4.78 is 11.6. The molecule has 136 valence electrons. The van der Waals surface area contributed by atoms with Crippen molar-refractivity contribution in [1.29, 1.82) is 0 Å². The molecule has 9 heteroatoms. The summed E-state index contributed by atoms with van der Waals surface area (Å²) in [6.45, 7) is 3.21. The molecule has 1 heterocycles. The van der Waals surface area contributed by atoms with Gasteiger partial charge in [-0.3, -0.25) is 0 Å². The normalized spacial score (nSPS) is 10.6. The standard InChI is InChI=1S/C17H17Cl2N5O2/c1-2-25-16-8-11(9-20-17-21-23-24-22-17)6-7-15(16)26-10-12-13(18)4-3-5-14(12)19/h3-8H,2,9-10H2,1H3,(H2,20,21,22,23,24). The van der Waals surface area contributed by atoms with E-state index in [9.17, 15) is 0 Å². The zero-order valence-corrected chi connectivity index (χ0v) is 15.5. The van der Waals surface area contributed by atoms with E-state index < -0.39 is 0 Å². The molecular formula is C17H17Cl2N5O2. The van der Waals surface area contributed by atoms with Gasteiger partial charge in [-0.1, -0.05) is 40.4 Å². The van der Waals surface area contributed by atoms with Gasteiger partial charge in [0.2, 0.25) is 0 Å². The van der Waals surface area contributed by atoms with Crippen molar-refractivity contribution in [3.8, 4) is 11.5 Å². The molecule has 0 saturated carbocycles. The van der Waals surface area contributed by atoms with E-state index in [4.69, 9.17) is 32.7 Å². The second kappa shape index (κ2) is 8.73. The highest BCUT2D eigenvalue weighted by molar-refractivity contribution is 6.35. The van der Waals surface area contributed by atoms with Crippen LogP contribution in [-0.4, -0.2) is 27.2 Å². The monoisotopic (exact) mass is 393 g/mol. The van der Waals surface area contributed by atoms with Crippen molar-refractivity contribution in [3.63, 3.8) is 0 Å². The van der Waals surface area contributed by atoms with Crippen LogP contribution < -0.4 is 14.8 Å². The fourth-order valence-corrected chi connectivity index (χ4v) is 2.79. The Labute approximate surface area is 160 Å². The van der Waals surface area contributed by atoms with Crippen LogP contribution in [0.5, 0.6) is 11.5 Å². The van der Waals surface area contributed by atoms with Crippen LogP contribution in [0.4, 0.5) is 5.95 Å². The Morgan fingerprint density at radius 3 is 2.58 bits per heavy atom. The minimum atomic E-state index is 0.249. The topological polar surface area (TPSA) is 85.0 Å². The molecule has 3 aromatic rings. The summed E-state index contributed by atoms with van der Waals surface area (Å²) in [5.74, 6) is 1.69. The second-order valence-corrected chi connectivity index (χ2v) is 6.11. The zero-order chi connectivity index (χ0) is 18.4. The first-order valence-corrected chi connectivity index (χ1v) is 8.71. The number of H-pyrrole nitrogens is 1. The van der Waals surface area contributed by atoms with Gasteiger partial charge in [0.15, 0.2) is 11.5 Å². The fourth-order valence-electron chi connectivity index (χ4n) is 2.29. The SMILES string of the molecule is CCOc1cc(CNc2nn[nH]n2)ccc1OCc1c(Cl)cccc1Cl. The first-order chi connectivity index (χ1) is 12.7. The van der Waals surface area contributed by atoms with Crippen molar-refractivity contribution in [2.75, 3.05) is 11.9 Å². The first kappa shape index (κ1) is 18.3. The lowest BCUT2D eigenvalue weighted by Crippen LogP contribution is -2.04. The Morgan fingerprint density at radius 2 is 1.88 bits per heavy atom. The van der Waals surface area contributed by atoms with E-state index in [-0.39, 0.29) is 6.61 Å². The summed E-state index contributed by atoms with van der Waals surface area (Å²) in [7, 11) is 0. The minimum Gasteiger partial charge on any atom is -0.490 e. The molecule has 3 rings (SSSR count). The Kier molecular flexibility index (Phi) is 6.14. The highest BCUT2D eigenvalue weighted by Crippen LogP contribution is 2.31. The number of rotatable bonds is 8. The maximum Gasteiger partial charge on any atom is 0.263 e. The van der Waals surface area contributed by atoms with Gasteiger partial charge in [-0.2, -0.15) is 5.21 Å². The third-order valence-corrected chi connectivity index (χ3v) is 4.25. The molecule has 7 nitrogen and oxygen atoms in total. The Morgan fingerprint density at radius 1 is 1.08 bits per heavy atom. The Balaban J connectivity index is 1.71. The van der Waals surface area contributed by atoms with Gasteiger partial charge in [0.05, 0.1) is 6.61 Å². The molecule has 0 atom stereocenters. The fraction of sp³-hybridized carbons (Fsp3) is 0.235. The van der Waals surface area contributed by atoms with E-state index in [0.717, 1.165) is 11.1 Å². The molecule has 0 fully saturated rings. The van der Waals surface area contributed by atoms with Crippen molar-refractivity contribution in [3.05, 3.63) is 57.6 Å². The van der Waals surface area contributed by atoms with Gasteiger partial charge in [0.1, 0.15) is 6.61 Å². The third-order valence-electron chi connectivity index (χ3n) is 3.54. The summed E-state index contributed by atoms with van der Waals surface area (Å²) in [6.07, 6.45) is 0. The first-order valence-electron chi connectivity index (χ1n) is 7.96. The van der Waals surface area contributed by atoms with Crippen LogP contribution in [0.2, 0.25) is 10.0 Å². The molecule has 2 N–H and O–H groups in total. The summed E-state index contributed by atoms with van der Waals surface area (Å²) >= 11 is 12.4. The van der Waals surface area contributed by atoms with E-state index in [1.54, 1.807) is 18.2 Å². The van der Waals surface area contributed by atoms with Crippen LogP contribution in [0.25, 0.3) is 0 Å². The maximum atomic E-state index is 6.19. The van der Waals surface area contributed by atoms with Gasteiger partial charge in [-0.15, -0.1) is 5.10 Å². The van der Waals surface area contributed by atoms with Gasteiger partial charge in [0.25, 0.3) is 5.95 Å². The van der Waals surface area contributed by atoms with Crippen LogP contribution in [0.15, 0.2) is 36.4 Å². The smallest absolute Gasteiger partial charge is 0.263 e. The van der Waals surface area contributed by atoms with Crippen molar-refractivity contribution in [1.82, 2.24) is 20.6 Å². The average Bonchev–Trinajstić information content (AvgIpc) is 3.15. The molecule has 0 aliphatic carbocycles. The molecule has 0 amide bonds. The number of aromatic nitrogens is 4. The van der Waals surface area contributed by atoms with E-state index in [0.29, 0.717) is 40.6 Å². The van der Waals surface area contributed by atoms with Crippen molar-refractivity contribution in [2.45, 2.75) is 20.1 Å². The van der Waals surface area contributed by atoms with Crippen molar-refractivity contribution < 1.29 is 9.47 Å². The maximum absolute atomic E-state index is 6.19. The van der Waals surface area contributed by atoms with Crippen molar-refractivity contribution in [2.24, 2.45) is 0 Å². The second-order valence-electron chi connectivity index (χ2n) is 5.29. The molecule has 0 aliphatic rings. The third kappa shape index (κ3) is 4.56. The molecule has 0 spiro atoms. The molecule has 0 saturated heterocycles. The molecule has 2 aromatic carbocycles. The quantitative estimate of drug-likeness (QED) is 0.599.